The maximum Gasteiger partial charge on any atom is 0.234 e. The summed E-state index contributed by atoms with van der Waals surface area (Å²) in [6.45, 7) is 4.84. The molecule has 9 heteroatoms. The first-order valence-electron chi connectivity index (χ1n) is 9.93. The number of thioether (sulfide) groups is 1. The molecule has 1 N–H and O–H groups in total. The van der Waals surface area contributed by atoms with E-state index < -0.39 is 0 Å². The van der Waals surface area contributed by atoms with Crippen molar-refractivity contribution in [2.24, 2.45) is 0 Å². The van der Waals surface area contributed by atoms with Crippen LogP contribution in [0.3, 0.4) is 0 Å². The normalized spacial score (nSPS) is 11.0. The quantitative estimate of drug-likeness (QED) is 0.275. The molecule has 2 aromatic heterocycles. The number of hydrogen-bond donors (Lipinski definition) is 1. The summed E-state index contributed by atoms with van der Waals surface area (Å²) < 4.78 is 2.04. The van der Waals surface area contributed by atoms with Gasteiger partial charge in [-0.25, -0.2) is 0 Å². The van der Waals surface area contributed by atoms with E-state index >= 15 is 0 Å². The van der Waals surface area contributed by atoms with Crippen molar-refractivity contribution < 1.29 is 4.79 Å². The number of thiophene rings is 1. The number of nitrogens with zero attached hydrogens (tertiary/aromatic N) is 3. The Morgan fingerprint density at radius 1 is 1.09 bits per heavy atom. The van der Waals surface area contributed by atoms with E-state index in [1.165, 1.54) is 22.2 Å². The largest absolute Gasteiger partial charge is 0.323 e. The van der Waals surface area contributed by atoms with E-state index in [9.17, 15) is 4.79 Å². The van der Waals surface area contributed by atoms with Crippen LogP contribution in [-0.2, 0) is 11.3 Å². The Morgan fingerprint density at radius 2 is 1.81 bits per heavy atom. The number of anilines is 1. The number of benzene rings is 2. The Labute approximate surface area is 204 Å². The van der Waals surface area contributed by atoms with Gasteiger partial charge in [0.1, 0.15) is 0 Å². The first-order chi connectivity index (χ1) is 15.5. The van der Waals surface area contributed by atoms with Crippen LogP contribution in [0.5, 0.6) is 0 Å². The van der Waals surface area contributed by atoms with Crippen LogP contribution >= 0.6 is 46.3 Å². The molecule has 0 aliphatic carbocycles. The number of carbonyl (C=O) groups is 1. The lowest BCUT2D eigenvalue weighted by Crippen LogP contribution is -2.15. The summed E-state index contributed by atoms with van der Waals surface area (Å²) in [6.07, 6.45) is 0. The summed E-state index contributed by atoms with van der Waals surface area (Å²) >= 11 is 15.3. The molecule has 4 aromatic rings. The van der Waals surface area contributed by atoms with Crippen molar-refractivity contribution in [1.29, 1.82) is 0 Å². The van der Waals surface area contributed by atoms with Gasteiger partial charge in [-0.05, 0) is 31.5 Å². The molecule has 0 unspecified atom stereocenters. The number of aromatic nitrogens is 3. The van der Waals surface area contributed by atoms with Gasteiger partial charge in [0, 0.05) is 27.9 Å². The average Bonchev–Trinajstić information content (AvgIpc) is 3.38. The van der Waals surface area contributed by atoms with Crippen molar-refractivity contribution >= 4 is 57.9 Å². The molecule has 1 amide bonds. The fourth-order valence-electron chi connectivity index (χ4n) is 3.39. The molecule has 0 saturated heterocycles. The summed E-state index contributed by atoms with van der Waals surface area (Å²) in [5.74, 6) is 0.745. The third kappa shape index (κ3) is 4.71. The zero-order chi connectivity index (χ0) is 22.7. The highest BCUT2D eigenvalue weighted by Crippen LogP contribution is 2.39. The molecule has 0 saturated carbocycles. The standard InChI is InChI=1S/C23H20Cl2N4OS2/c1-3-29-22(16-12-31-14(2)20(16)15-8-5-4-6-9-15)27-28-23(29)32-13-19(30)26-21-17(24)10-7-11-18(21)25/h4-12H,3,13H2,1-2H3,(H,26,30). The van der Waals surface area contributed by atoms with E-state index in [2.05, 4.69) is 40.0 Å². The summed E-state index contributed by atoms with van der Waals surface area (Å²) in [7, 11) is 0. The molecule has 164 valence electrons. The summed E-state index contributed by atoms with van der Waals surface area (Å²) in [5.41, 5.74) is 3.78. The minimum atomic E-state index is -0.214. The van der Waals surface area contributed by atoms with E-state index in [0.717, 1.165) is 17.0 Å². The number of halogens is 2. The van der Waals surface area contributed by atoms with Gasteiger partial charge in [0.25, 0.3) is 0 Å². The average molecular weight is 503 g/mol. The van der Waals surface area contributed by atoms with Crippen molar-refractivity contribution in [1.82, 2.24) is 14.8 Å². The molecule has 0 bridgehead atoms. The first kappa shape index (κ1) is 22.9. The predicted octanol–water partition coefficient (Wildman–Crippen LogP) is 7.04. The lowest BCUT2D eigenvalue weighted by Gasteiger charge is -2.10. The van der Waals surface area contributed by atoms with E-state index in [0.29, 0.717) is 27.4 Å². The first-order valence-corrected chi connectivity index (χ1v) is 12.6. The maximum atomic E-state index is 12.5. The summed E-state index contributed by atoms with van der Waals surface area (Å²) in [6, 6.07) is 15.4. The third-order valence-corrected chi connectivity index (χ3v) is 7.38. The Kier molecular flexibility index (Phi) is 7.20. The lowest BCUT2D eigenvalue weighted by molar-refractivity contribution is -0.113. The predicted molar refractivity (Wildman–Crippen MR) is 135 cm³/mol. The van der Waals surface area contributed by atoms with Crippen molar-refractivity contribution in [3.05, 3.63) is 68.8 Å². The summed E-state index contributed by atoms with van der Waals surface area (Å²) in [5, 5.41) is 15.2. The van der Waals surface area contributed by atoms with Gasteiger partial charge in [-0.15, -0.1) is 21.5 Å². The smallest absolute Gasteiger partial charge is 0.234 e. The number of carbonyl (C=O) groups excluding carboxylic acids is 1. The number of amides is 1. The zero-order valence-electron chi connectivity index (χ0n) is 17.4. The molecule has 0 aliphatic heterocycles. The van der Waals surface area contributed by atoms with Crippen LogP contribution in [0.25, 0.3) is 22.5 Å². The van der Waals surface area contributed by atoms with Crippen LogP contribution in [0.2, 0.25) is 10.0 Å². The zero-order valence-corrected chi connectivity index (χ0v) is 20.6. The molecule has 4 rings (SSSR count). The second-order valence-electron chi connectivity index (χ2n) is 6.93. The van der Waals surface area contributed by atoms with E-state index in [-0.39, 0.29) is 11.7 Å². The van der Waals surface area contributed by atoms with Gasteiger partial charge in [-0.2, -0.15) is 0 Å². The van der Waals surface area contributed by atoms with Crippen LogP contribution < -0.4 is 5.32 Å². The Hall–Kier alpha value is -2.32. The minimum absolute atomic E-state index is 0.161. The van der Waals surface area contributed by atoms with Crippen molar-refractivity contribution in [3.8, 4) is 22.5 Å². The molecule has 0 fully saturated rings. The topological polar surface area (TPSA) is 59.8 Å². The highest BCUT2D eigenvalue weighted by Gasteiger charge is 2.20. The monoisotopic (exact) mass is 502 g/mol. The van der Waals surface area contributed by atoms with Gasteiger partial charge < -0.3 is 9.88 Å². The Balaban J connectivity index is 1.56. The SMILES string of the molecule is CCn1c(SCC(=O)Nc2c(Cl)cccc2Cl)nnc1-c1csc(C)c1-c1ccccc1. The molecule has 0 atom stereocenters. The number of nitrogens with one attached hydrogen (secondary N) is 1. The molecule has 0 aliphatic rings. The van der Waals surface area contributed by atoms with Crippen LogP contribution in [0.15, 0.2) is 59.1 Å². The molecular weight excluding hydrogens is 483 g/mol. The van der Waals surface area contributed by atoms with Crippen LogP contribution in [0.4, 0.5) is 5.69 Å². The molecule has 0 spiro atoms. The van der Waals surface area contributed by atoms with Crippen LogP contribution in [0, 0.1) is 6.92 Å². The second-order valence-corrected chi connectivity index (χ2v) is 9.77. The number of aryl methyl sites for hydroxylation is 1. The molecule has 0 radical (unpaired) electrons. The fourth-order valence-corrected chi connectivity index (χ4v) is 5.54. The van der Waals surface area contributed by atoms with E-state index in [1.807, 2.05) is 29.7 Å². The molecule has 32 heavy (non-hydrogen) atoms. The van der Waals surface area contributed by atoms with Gasteiger partial charge >= 0.3 is 0 Å². The minimum Gasteiger partial charge on any atom is -0.323 e. The Morgan fingerprint density at radius 3 is 2.50 bits per heavy atom. The van der Waals surface area contributed by atoms with Crippen LogP contribution in [0.1, 0.15) is 11.8 Å². The van der Waals surface area contributed by atoms with Gasteiger partial charge in [-0.1, -0.05) is 71.4 Å². The highest BCUT2D eigenvalue weighted by molar-refractivity contribution is 7.99. The Bertz CT molecular complexity index is 1230. The maximum absolute atomic E-state index is 12.5. The fraction of sp³-hybridized carbons (Fsp3) is 0.174. The number of hydrogen-bond acceptors (Lipinski definition) is 5. The van der Waals surface area contributed by atoms with Crippen molar-refractivity contribution in [2.45, 2.75) is 25.5 Å². The van der Waals surface area contributed by atoms with Crippen molar-refractivity contribution in [3.63, 3.8) is 0 Å². The van der Waals surface area contributed by atoms with Gasteiger partial charge in [0.05, 0.1) is 21.5 Å². The van der Waals surface area contributed by atoms with Gasteiger partial charge in [0.2, 0.25) is 5.91 Å². The third-order valence-electron chi connectivity index (χ3n) is 4.87. The molecule has 2 aromatic carbocycles. The molecule has 2 heterocycles. The van der Waals surface area contributed by atoms with Crippen molar-refractivity contribution in [2.75, 3.05) is 11.1 Å². The molecule has 5 nitrogen and oxygen atoms in total. The van der Waals surface area contributed by atoms with E-state index in [4.69, 9.17) is 23.2 Å². The van der Waals surface area contributed by atoms with Gasteiger partial charge in [-0.3, -0.25) is 4.79 Å². The number of rotatable bonds is 7. The van der Waals surface area contributed by atoms with Crippen LogP contribution in [-0.4, -0.2) is 26.4 Å². The summed E-state index contributed by atoms with van der Waals surface area (Å²) in [4.78, 5) is 13.7. The highest BCUT2D eigenvalue weighted by atomic mass is 35.5. The van der Waals surface area contributed by atoms with Gasteiger partial charge in [0.15, 0.2) is 11.0 Å². The second kappa shape index (κ2) is 10.1. The number of para-hydroxylation sites is 1. The van der Waals surface area contributed by atoms with E-state index in [1.54, 1.807) is 29.5 Å². The lowest BCUT2D eigenvalue weighted by atomic mass is 10.0. The molecular formula is C23H20Cl2N4OS2.